The molecule has 1 aromatic carbocycles. The number of nitrogens with zero attached hydrogens (tertiary/aromatic N) is 2. The summed E-state index contributed by atoms with van der Waals surface area (Å²) in [5.74, 6) is -0.0368. The molecule has 3 rings (SSSR count). The molecule has 1 amide bonds. The maximum atomic E-state index is 12.6. The number of thiophene rings is 1. The predicted molar refractivity (Wildman–Crippen MR) is 103 cm³/mol. The summed E-state index contributed by atoms with van der Waals surface area (Å²) >= 11 is 1.62. The van der Waals surface area contributed by atoms with Gasteiger partial charge in [-0.1, -0.05) is 24.3 Å². The molecule has 26 heavy (non-hydrogen) atoms. The highest BCUT2D eigenvalue weighted by molar-refractivity contribution is 7.89. The lowest BCUT2D eigenvalue weighted by atomic mass is 10.2. The number of piperazine rings is 1. The number of hydrogen-bond donors (Lipinski definition) is 1. The van der Waals surface area contributed by atoms with Crippen LogP contribution in [0.15, 0.2) is 52.7 Å². The third-order valence-electron chi connectivity index (χ3n) is 4.43. The van der Waals surface area contributed by atoms with Crippen molar-refractivity contribution in [3.63, 3.8) is 0 Å². The summed E-state index contributed by atoms with van der Waals surface area (Å²) in [6.45, 7) is 4.14. The van der Waals surface area contributed by atoms with E-state index in [4.69, 9.17) is 0 Å². The normalized spacial score (nSPS) is 17.7. The molecule has 0 saturated carbocycles. The number of carbonyl (C=O) groups is 1. The Hall–Kier alpha value is -1.74. The SMILES string of the molecule is C[C@H](NC(=O)CN1CCN(S(=O)(=O)c2ccccc2)CC1)c1cccs1. The van der Waals surface area contributed by atoms with E-state index in [0.29, 0.717) is 31.1 Å². The predicted octanol–water partition coefficient (Wildman–Crippen LogP) is 1.93. The highest BCUT2D eigenvalue weighted by Crippen LogP contribution is 2.19. The first-order chi connectivity index (χ1) is 12.5. The fourth-order valence-corrected chi connectivity index (χ4v) is 5.15. The Kier molecular flexibility index (Phi) is 6.08. The van der Waals surface area contributed by atoms with Crippen molar-refractivity contribution in [3.8, 4) is 0 Å². The molecule has 1 aliphatic rings. The molecule has 0 spiro atoms. The standard InChI is InChI=1S/C18H23N3O3S2/c1-15(17-8-5-13-25-17)19-18(22)14-20-9-11-21(12-10-20)26(23,24)16-6-3-2-4-7-16/h2-8,13,15H,9-12,14H2,1H3,(H,19,22)/t15-/m0/s1. The van der Waals surface area contributed by atoms with Gasteiger partial charge in [0.15, 0.2) is 0 Å². The first kappa shape index (κ1) is 19.0. The van der Waals surface area contributed by atoms with E-state index in [1.807, 2.05) is 29.3 Å². The van der Waals surface area contributed by atoms with E-state index in [1.165, 1.54) is 4.31 Å². The molecular weight excluding hydrogens is 370 g/mol. The molecule has 140 valence electrons. The lowest BCUT2D eigenvalue weighted by molar-refractivity contribution is -0.123. The van der Waals surface area contributed by atoms with Crippen molar-refractivity contribution in [1.82, 2.24) is 14.5 Å². The third kappa shape index (κ3) is 4.50. The molecule has 1 aliphatic heterocycles. The zero-order chi connectivity index (χ0) is 18.6. The number of carbonyl (C=O) groups excluding carboxylic acids is 1. The second-order valence-electron chi connectivity index (χ2n) is 6.30. The molecule has 1 fully saturated rings. The highest BCUT2D eigenvalue weighted by Gasteiger charge is 2.29. The Morgan fingerprint density at radius 1 is 1.12 bits per heavy atom. The van der Waals surface area contributed by atoms with Gasteiger partial charge >= 0.3 is 0 Å². The number of nitrogens with one attached hydrogen (secondary N) is 1. The quantitative estimate of drug-likeness (QED) is 0.814. The Bertz CT molecular complexity index is 815. The van der Waals surface area contributed by atoms with E-state index < -0.39 is 10.0 Å². The highest BCUT2D eigenvalue weighted by atomic mass is 32.2. The van der Waals surface area contributed by atoms with Crippen LogP contribution in [0.3, 0.4) is 0 Å². The lowest BCUT2D eigenvalue weighted by Gasteiger charge is -2.33. The molecule has 6 nitrogen and oxygen atoms in total. The van der Waals surface area contributed by atoms with Gasteiger partial charge in [-0.15, -0.1) is 11.3 Å². The van der Waals surface area contributed by atoms with E-state index >= 15 is 0 Å². The Morgan fingerprint density at radius 2 is 1.81 bits per heavy atom. The summed E-state index contributed by atoms with van der Waals surface area (Å²) in [5, 5.41) is 4.99. The van der Waals surface area contributed by atoms with Gasteiger partial charge in [-0.2, -0.15) is 4.31 Å². The molecule has 1 N–H and O–H groups in total. The molecule has 0 radical (unpaired) electrons. The van der Waals surface area contributed by atoms with Crippen LogP contribution in [0.2, 0.25) is 0 Å². The van der Waals surface area contributed by atoms with Gasteiger partial charge in [0.05, 0.1) is 17.5 Å². The van der Waals surface area contributed by atoms with Crippen LogP contribution in [-0.4, -0.2) is 56.3 Å². The topological polar surface area (TPSA) is 69.7 Å². The van der Waals surface area contributed by atoms with Crippen molar-refractivity contribution in [2.45, 2.75) is 17.9 Å². The minimum Gasteiger partial charge on any atom is -0.348 e. The van der Waals surface area contributed by atoms with Crippen molar-refractivity contribution >= 4 is 27.3 Å². The minimum absolute atomic E-state index is 0.0118. The van der Waals surface area contributed by atoms with Crippen LogP contribution in [0.1, 0.15) is 17.8 Å². The number of amides is 1. The Labute approximate surface area is 158 Å². The van der Waals surface area contributed by atoms with Gasteiger partial charge in [0.2, 0.25) is 15.9 Å². The molecule has 0 aliphatic carbocycles. The minimum atomic E-state index is -3.46. The van der Waals surface area contributed by atoms with Gasteiger partial charge in [-0.25, -0.2) is 8.42 Å². The van der Waals surface area contributed by atoms with Gasteiger partial charge in [-0.3, -0.25) is 9.69 Å². The molecule has 1 atom stereocenters. The molecular formula is C18H23N3O3S2. The van der Waals surface area contributed by atoms with E-state index in [-0.39, 0.29) is 18.5 Å². The fourth-order valence-electron chi connectivity index (χ4n) is 2.97. The monoisotopic (exact) mass is 393 g/mol. The van der Waals surface area contributed by atoms with Gasteiger partial charge < -0.3 is 5.32 Å². The zero-order valence-corrected chi connectivity index (χ0v) is 16.3. The number of sulfonamides is 1. The maximum absolute atomic E-state index is 12.6. The molecule has 2 aromatic rings. The largest absolute Gasteiger partial charge is 0.348 e. The van der Waals surface area contributed by atoms with Crippen molar-refractivity contribution in [2.75, 3.05) is 32.7 Å². The van der Waals surface area contributed by atoms with Crippen molar-refractivity contribution in [1.29, 1.82) is 0 Å². The van der Waals surface area contributed by atoms with Crippen LogP contribution in [0.5, 0.6) is 0 Å². The Morgan fingerprint density at radius 3 is 2.42 bits per heavy atom. The van der Waals surface area contributed by atoms with E-state index in [0.717, 1.165) is 4.88 Å². The van der Waals surface area contributed by atoms with E-state index in [2.05, 4.69) is 5.32 Å². The average molecular weight is 394 g/mol. The second kappa shape index (κ2) is 8.30. The van der Waals surface area contributed by atoms with Gasteiger partial charge in [0, 0.05) is 31.1 Å². The fraction of sp³-hybridized carbons (Fsp3) is 0.389. The maximum Gasteiger partial charge on any atom is 0.243 e. The summed E-state index contributed by atoms with van der Waals surface area (Å²) in [5.41, 5.74) is 0. The summed E-state index contributed by atoms with van der Waals surface area (Å²) in [6, 6.07) is 12.4. The van der Waals surface area contributed by atoms with Crippen LogP contribution >= 0.6 is 11.3 Å². The van der Waals surface area contributed by atoms with Crippen molar-refractivity contribution < 1.29 is 13.2 Å². The second-order valence-corrected chi connectivity index (χ2v) is 9.22. The number of rotatable bonds is 6. The molecule has 0 bridgehead atoms. The molecule has 8 heteroatoms. The Balaban J connectivity index is 1.50. The van der Waals surface area contributed by atoms with Crippen LogP contribution in [0.4, 0.5) is 0 Å². The number of benzene rings is 1. The van der Waals surface area contributed by atoms with Crippen LogP contribution in [0, 0.1) is 0 Å². The van der Waals surface area contributed by atoms with Crippen LogP contribution in [-0.2, 0) is 14.8 Å². The molecule has 0 unspecified atom stereocenters. The smallest absolute Gasteiger partial charge is 0.243 e. The van der Waals surface area contributed by atoms with Crippen LogP contribution < -0.4 is 5.32 Å². The van der Waals surface area contributed by atoms with E-state index in [9.17, 15) is 13.2 Å². The summed E-state index contributed by atoms with van der Waals surface area (Å²) in [7, 11) is -3.46. The third-order valence-corrected chi connectivity index (χ3v) is 7.39. The lowest BCUT2D eigenvalue weighted by Crippen LogP contribution is -2.51. The summed E-state index contributed by atoms with van der Waals surface area (Å²) in [4.78, 5) is 15.7. The van der Waals surface area contributed by atoms with Gasteiger partial charge in [0.25, 0.3) is 0 Å². The molecule has 1 aromatic heterocycles. The first-order valence-electron chi connectivity index (χ1n) is 8.57. The van der Waals surface area contributed by atoms with Crippen molar-refractivity contribution in [2.24, 2.45) is 0 Å². The molecule has 2 heterocycles. The van der Waals surface area contributed by atoms with E-state index in [1.54, 1.807) is 41.7 Å². The van der Waals surface area contributed by atoms with Gasteiger partial charge in [-0.05, 0) is 30.5 Å². The first-order valence-corrected chi connectivity index (χ1v) is 10.9. The van der Waals surface area contributed by atoms with Gasteiger partial charge in [0.1, 0.15) is 0 Å². The summed E-state index contributed by atoms with van der Waals surface area (Å²) < 4.78 is 26.7. The zero-order valence-electron chi connectivity index (χ0n) is 14.7. The average Bonchev–Trinajstić information content (AvgIpc) is 3.18. The van der Waals surface area contributed by atoms with Crippen molar-refractivity contribution in [3.05, 3.63) is 52.7 Å². The van der Waals surface area contributed by atoms with Crippen LogP contribution in [0.25, 0.3) is 0 Å². The summed E-state index contributed by atoms with van der Waals surface area (Å²) in [6.07, 6.45) is 0. The number of hydrogen-bond acceptors (Lipinski definition) is 5. The molecule has 1 saturated heterocycles.